The van der Waals surface area contributed by atoms with E-state index in [4.69, 9.17) is 13.9 Å². The zero-order valence-electron chi connectivity index (χ0n) is 30.4. The summed E-state index contributed by atoms with van der Waals surface area (Å²) in [5.41, 5.74) is 4.23. The van der Waals surface area contributed by atoms with E-state index in [0.717, 1.165) is 33.7 Å². The van der Waals surface area contributed by atoms with Crippen LogP contribution in [0.4, 0.5) is 11.4 Å². The quantitative estimate of drug-likeness (QED) is 0.0952. The molecule has 0 bridgehead atoms. The maximum atomic E-state index is 14.5. The van der Waals surface area contributed by atoms with Crippen molar-refractivity contribution in [2.45, 2.75) is 19.5 Å². The summed E-state index contributed by atoms with van der Waals surface area (Å²) < 4.78 is 17.9. The molecule has 4 aromatic carbocycles. The number of ether oxygens (including phenoxy) is 2. The van der Waals surface area contributed by atoms with Gasteiger partial charge in [-0.2, -0.15) is 5.10 Å². The van der Waals surface area contributed by atoms with Crippen molar-refractivity contribution in [2.75, 3.05) is 31.4 Å². The predicted octanol–water partition coefficient (Wildman–Crippen LogP) is 6.85. The van der Waals surface area contributed by atoms with Crippen molar-refractivity contribution >= 4 is 45.1 Å². The van der Waals surface area contributed by atoms with E-state index in [1.807, 2.05) is 49.5 Å². The number of carbonyl (C=O) groups is 2. The van der Waals surface area contributed by atoms with Crippen LogP contribution in [0.1, 0.15) is 37.6 Å². The van der Waals surface area contributed by atoms with Gasteiger partial charge in [0.25, 0.3) is 11.8 Å². The molecule has 0 aliphatic carbocycles. The van der Waals surface area contributed by atoms with Gasteiger partial charge in [0.15, 0.2) is 22.7 Å². The second-order valence-corrected chi connectivity index (χ2v) is 13.2. The molecule has 55 heavy (non-hydrogen) atoms. The average molecular weight is 739 g/mol. The molecule has 13 heteroatoms. The molecule has 0 saturated heterocycles. The lowest BCUT2D eigenvalue weighted by molar-refractivity contribution is -0.907. The molecule has 278 valence electrons. The number of aromatic nitrogens is 3. The van der Waals surface area contributed by atoms with E-state index in [1.54, 1.807) is 59.7 Å². The van der Waals surface area contributed by atoms with Gasteiger partial charge in [-0.15, -0.1) is 0 Å². The Morgan fingerprint density at radius 2 is 1.56 bits per heavy atom. The van der Waals surface area contributed by atoms with Crippen molar-refractivity contribution < 1.29 is 28.1 Å². The molecule has 7 rings (SSSR count). The topological polar surface area (TPSA) is 161 Å². The minimum absolute atomic E-state index is 0.0755. The Balaban J connectivity index is 1.07. The molecule has 2 N–H and O–H groups in total. The fourth-order valence-corrected chi connectivity index (χ4v) is 6.54. The van der Waals surface area contributed by atoms with E-state index in [9.17, 15) is 19.6 Å². The van der Waals surface area contributed by atoms with Gasteiger partial charge in [-0.05, 0) is 54.1 Å². The van der Waals surface area contributed by atoms with Gasteiger partial charge in [0.05, 0.1) is 49.1 Å². The third kappa shape index (κ3) is 8.23. The summed E-state index contributed by atoms with van der Waals surface area (Å²) in [5.74, 6) is -0.961. The third-order valence-electron chi connectivity index (χ3n) is 9.37. The van der Waals surface area contributed by atoms with Crippen LogP contribution in [0.25, 0.3) is 21.9 Å². The fourth-order valence-electron chi connectivity index (χ4n) is 6.54. The lowest BCUT2D eigenvalue weighted by Gasteiger charge is -2.43. The molecule has 0 spiro atoms. The third-order valence-corrected chi connectivity index (χ3v) is 9.37. The largest absolute Gasteiger partial charge is 0.632 e. The molecule has 7 aromatic rings. The Labute approximate surface area is 315 Å². The molecule has 0 aliphatic heterocycles. The molecular weight excluding hydrogens is 700 g/mol. The summed E-state index contributed by atoms with van der Waals surface area (Å²) in [6.45, 7) is 0.826. The number of hydrogen-bond donors (Lipinski definition) is 2. The van der Waals surface area contributed by atoms with Gasteiger partial charge >= 0.3 is 0 Å². The van der Waals surface area contributed by atoms with E-state index < -0.39 is 16.5 Å². The van der Waals surface area contributed by atoms with Crippen LogP contribution in [0, 0.1) is 5.21 Å². The molecule has 1 unspecified atom stereocenters. The van der Waals surface area contributed by atoms with Crippen molar-refractivity contribution in [1.82, 2.24) is 14.8 Å². The summed E-state index contributed by atoms with van der Waals surface area (Å²) in [5, 5.41) is 25.7. The van der Waals surface area contributed by atoms with E-state index in [1.165, 1.54) is 26.4 Å². The number of aryl methyl sites for hydroxylation is 1. The van der Waals surface area contributed by atoms with E-state index in [0.29, 0.717) is 24.0 Å². The number of anilines is 2. The normalized spacial score (nSPS) is 12.3. The Hall–Kier alpha value is -6.83. The summed E-state index contributed by atoms with van der Waals surface area (Å²) in [4.78, 5) is 44.0. The van der Waals surface area contributed by atoms with Gasteiger partial charge in [-0.1, -0.05) is 36.4 Å². The van der Waals surface area contributed by atoms with Crippen LogP contribution < -0.4 is 25.5 Å². The monoisotopic (exact) mass is 738 g/mol. The maximum Gasteiger partial charge on any atom is 0.291 e. The van der Waals surface area contributed by atoms with Crippen molar-refractivity contribution in [3.05, 3.63) is 159 Å². The number of nitrogens with one attached hydrogen (secondary N) is 2. The second-order valence-electron chi connectivity index (χ2n) is 13.2. The van der Waals surface area contributed by atoms with Crippen molar-refractivity contribution in [2.24, 2.45) is 7.05 Å². The molecule has 0 saturated carbocycles. The number of fused-ring (bicyclic) bond motifs is 2. The van der Waals surface area contributed by atoms with Crippen molar-refractivity contribution in [3.63, 3.8) is 0 Å². The summed E-state index contributed by atoms with van der Waals surface area (Å²) in [7, 11) is 4.76. The van der Waals surface area contributed by atoms with Gasteiger partial charge in [0.2, 0.25) is 0 Å². The number of pyridine rings is 1. The molecule has 0 aliphatic rings. The van der Waals surface area contributed by atoms with E-state index in [-0.39, 0.29) is 52.6 Å². The van der Waals surface area contributed by atoms with Crippen LogP contribution in [0.3, 0.4) is 0 Å². The Kier molecular flexibility index (Phi) is 10.4. The lowest BCUT2D eigenvalue weighted by atomic mass is 10.1. The van der Waals surface area contributed by atoms with Crippen LogP contribution in [0.5, 0.6) is 11.5 Å². The number of carbonyl (C=O) groups excluding carboxylic acids is 2. The van der Waals surface area contributed by atoms with E-state index >= 15 is 0 Å². The smallest absolute Gasteiger partial charge is 0.291 e. The highest BCUT2D eigenvalue weighted by molar-refractivity contribution is 6.12. The first-order chi connectivity index (χ1) is 26.6. The number of amides is 2. The number of para-hydroxylation sites is 1. The number of rotatable bonds is 13. The highest BCUT2D eigenvalue weighted by Crippen LogP contribution is 2.34. The second kappa shape index (κ2) is 15.6. The highest BCUT2D eigenvalue weighted by atomic mass is 16.5. The minimum Gasteiger partial charge on any atom is -0.632 e. The molecule has 0 fully saturated rings. The molecule has 2 amide bonds. The summed E-state index contributed by atoms with van der Waals surface area (Å²) >= 11 is 0. The number of benzene rings is 4. The summed E-state index contributed by atoms with van der Waals surface area (Å²) in [6.07, 6.45) is 5.70. The van der Waals surface area contributed by atoms with Crippen LogP contribution >= 0.6 is 0 Å². The van der Waals surface area contributed by atoms with Crippen molar-refractivity contribution in [3.8, 4) is 11.5 Å². The molecule has 1 atom stereocenters. The molecule has 3 aromatic heterocycles. The fraction of sp³-hybridized carbons (Fsp3) is 0.167. The Bertz CT molecular complexity index is 2570. The zero-order chi connectivity index (χ0) is 38.5. The SMILES string of the molecule is COc1cc(NC(=O)c2cc(=O)c3ccccc3o2)c(C(=O)Nc2ccc(CC[N+]([O-])(Cc3cccnc3)Cc3ccc4c(cnn4C)c3)cc2)cc1OC. The lowest BCUT2D eigenvalue weighted by Crippen LogP contribution is -2.42. The molecule has 0 radical (unpaired) electrons. The van der Waals surface area contributed by atoms with Crippen LogP contribution in [-0.4, -0.2) is 52.0 Å². The predicted molar refractivity (Wildman–Crippen MR) is 209 cm³/mol. The first-order valence-electron chi connectivity index (χ1n) is 17.5. The number of hydrogen-bond acceptors (Lipinski definition) is 9. The zero-order valence-corrected chi connectivity index (χ0v) is 30.4. The summed E-state index contributed by atoms with van der Waals surface area (Å²) in [6, 6.07) is 27.6. The average Bonchev–Trinajstić information content (AvgIpc) is 3.56. The van der Waals surface area contributed by atoms with Crippen LogP contribution in [0.15, 0.2) is 125 Å². The molecule has 3 heterocycles. The van der Waals surface area contributed by atoms with Gasteiger partial charge in [0, 0.05) is 60.2 Å². The number of methoxy groups -OCH3 is 2. The number of hydroxylamine groups is 3. The standard InChI is InChI=1S/C42H38N6O7/c1-47-35-15-12-28(19-30(35)24-44-47)25-48(52,26-29-7-6-17-43-23-29)18-16-27-10-13-31(14-11-27)45-41(50)33-20-38(53-2)39(54-3)21-34(33)46-42(51)40-22-36(49)32-8-4-5-9-37(32)55-40/h4-15,17,19-24H,16,18,25-26H2,1-3H3,(H,45,50)(H,46,51). The Morgan fingerprint density at radius 1 is 0.818 bits per heavy atom. The first-order valence-corrected chi connectivity index (χ1v) is 17.5. The van der Waals surface area contributed by atoms with Gasteiger partial charge in [-0.25, -0.2) is 0 Å². The highest BCUT2D eigenvalue weighted by Gasteiger charge is 2.23. The minimum atomic E-state index is -0.734. The van der Waals surface area contributed by atoms with Gasteiger partial charge < -0.3 is 34.4 Å². The van der Waals surface area contributed by atoms with Gasteiger partial charge in [0.1, 0.15) is 18.7 Å². The molecule has 13 nitrogen and oxygen atoms in total. The van der Waals surface area contributed by atoms with Crippen LogP contribution in [0.2, 0.25) is 0 Å². The Morgan fingerprint density at radius 3 is 2.33 bits per heavy atom. The van der Waals surface area contributed by atoms with Crippen molar-refractivity contribution in [1.29, 1.82) is 0 Å². The molecular formula is C42H38N6O7. The number of quaternary nitrogens is 1. The number of nitrogens with zero attached hydrogens (tertiary/aromatic N) is 4. The maximum absolute atomic E-state index is 14.5. The van der Waals surface area contributed by atoms with Gasteiger partial charge in [-0.3, -0.25) is 24.0 Å². The first kappa shape index (κ1) is 36.5. The van der Waals surface area contributed by atoms with E-state index in [2.05, 4.69) is 20.7 Å². The van der Waals surface area contributed by atoms with Crippen LogP contribution in [-0.2, 0) is 26.6 Å².